The quantitative estimate of drug-likeness (QED) is 0.332. The normalized spacial score (nSPS) is 20.5. The van der Waals surface area contributed by atoms with Crippen LogP contribution in [-0.4, -0.2) is 53.4 Å². The molecule has 40 heavy (non-hydrogen) atoms. The van der Waals surface area contributed by atoms with E-state index in [2.05, 4.69) is 4.98 Å². The maximum absolute atomic E-state index is 14.7. The first-order chi connectivity index (χ1) is 19.3. The summed E-state index contributed by atoms with van der Waals surface area (Å²) in [7, 11) is 1.60. The van der Waals surface area contributed by atoms with Gasteiger partial charge in [0.05, 0.1) is 26.0 Å². The highest BCUT2D eigenvalue weighted by molar-refractivity contribution is 6.31. The summed E-state index contributed by atoms with van der Waals surface area (Å²) in [6, 6.07) is 18.0. The van der Waals surface area contributed by atoms with Crippen molar-refractivity contribution in [3.05, 3.63) is 93.9 Å². The van der Waals surface area contributed by atoms with E-state index in [1.807, 2.05) is 49.4 Å². The molecule has 206 valence electrons. The number of aromatic amines is 1. The Balaban J connectivity index is 1.53. The van der Waals surface area contributed by atoms with E-state index in [-0.39, 0.29) is 48.0 Å². The first-order valence-electron chi connectivity index (χ1n) is 13.2. The highest BCUT2D eigenvalue weighted by Gasteiger charge is 2.56. The Kier molecular flexibility index (Phi) is 6.45. The van der Waals surface area contributed by atoms with Crippen LogP contribution in [0.15, 0.2) is 60.7 Å². The van der Waals surface area contributed by atoms with Crippen LogP contribution in [0.25, 0.3) is 10.9 Å². The van der Waals surface area contributed by atoms with E-state index >= 15 is 0 Å². The molecule has 0 unspecified atom stereocenters. The van der Waals surface area contributed by atoms with Crippen molar-refractivity contribution in [1.29, 1.82) is 0 Å². The summed E-state index contributed by atoms with van der Waals surface area (Å²) in [6.45, 7) is 4.09. The molecule has 1 aromatic heterocycles. The van der Waals surface area contributed by atoms with Crippen LogP contribution < -0.4 is 9.47 Å². The zero-order valence-electron chi connectivity index (χ0n) is 22.5. The Morgan fingerprint density at radius 3 is 2.62 bits per heavy atom. The number of H-pyrrole nitrogens is 1. The number of carbonyl (C=O) groups excluding carboxylic acids is 2. The molecule has 9 heteroatoms. The SMILES string of the molecule is CCOc1c(OC)cccc1[C@@H]1CN2C(=O)CN(Cc3c(F)cccc3Cl)C(=O)[C@]2(C)c2[nH]c3ccccc3c21. The van der Waals surface area contributed by atoms with Crippen molar-refractivity contribution in [3.8, 4) is 11.5 Å². The van der Waals surface area contributed by atoms with Crippen LogP contribution in [0.1, 0.15) is 42.1 Å². The van der Waals surface area contributed by atoms with Gasteiger partial charge < -0.3 is 24.3 Å². The van der Waals surface area contributed by atoms with Gasteiger partial charge in [0.2, 0.25) is 5.91 Å². The third kappa shape index (κ3) is 3.84. The Bertz CT molecular complexity index is 1630. The summed E-state index contributed by atoms with van der Waals surface area (Å²) in [4.78, 5) is 34.7. The van der Waals surface area contributed by atoms with E-state index in [1.54, 1.807) is 25.0 Å². The second-order valence-electron chi connectivity index (χ2n) is 10.3. The van der Waals surface area contributed by atoms with Crippen LogP contribution in [0.5, 0.6) is 11.5 Å². The van der Waals surface area contributed by atoms with Gasteiger partial charge in [-0.2, -0.15) is 0 Å². The highest BCUT2D eigenvalue weighted by Crippen LogP contribution is 2.50. The average molecular weight is 562 g/mol. The van der Waals surface area contributed by atoms with Crippen molar-refractivity contribution < 1.29 is 23.5 Å². The zero-order valence-corrected chi connectivity index (χ0v) is 23.2. The van der Waals surface area contributed by atoms with Crippen LogP contribution >= 0.6 is 11.6 Å². The average Bonchev–Trinajstić information content (AvgIpc) is 3.35. The standard InChI is InChI=1S/C31H29ClFN3O4/c1-4-40-28-18(10-7-14-25(28)39-3)20-16-36-26(37)17-35(15-21-22(32)11-8-12-23(21)33)30(38)31(36,2)29-27(20)19-9-5-6-13-24(19)34-29/h5-14,20,34H,4,15-17H2,1-3H3/t20-,31-/m0/s1. The first-order valence-corrected chi connectivity index (χ1v) is 13.6. The van der Waals surface area contributed by atoms with Gasteiger partial charge in [-0.05, 0) is 43.7 Å². The van der Waals surface area contributed by atoms with E-state index in [1.165, 1.54) is 17.0 Å². The van der Waals surface area contributed by atoms with Gasteiger partial charge in [0.15, 0.2) is 17.0 Å². The van der Waals surface area contributed by atoms with Crippen LogP contribution in [0.4, 0.5) is 4.39 Å². The summed E-state index contributed by atoms with van der Waals surface area (Å²) in [6.07, 6.45) is 0. The van der Waals surface area contributed by atoms with E-state index in [4.69, 9.17) is 21.1 Å². The maximum atomic E-state index is 14.7. The third-order valence-electron chi connectivity index (χ3n) is 8.12. The molecule has 1 saturated heterocycles. The number of benzene rings is 3. The van der Waals surface area contributed by atoms with Crippen LogP contribution in [-0.2, 0) is 21.7 Å². The molecular weight excluding hydrogens is 533 g/mol. The molecule has 0 aliphatic carbocycles. The van der Waals surface area contributed by atoms with Crippen molar-refractivity contribution >= 4 is 34.3 Å². The Morgan fingerprint density at radius 1 is 1.10 bits per heavy atom. The molecule has 0 spiro atoms. The fourth-order valence-corrected chi connectivity index (χ4v) is 6.45. The summed E-state index contributed by atoms with van der Waals surface area (Å²) in [5.74, 6) is -0.123. The molecule has 2 amide bonds. The monoisotopic (exact) mass is 561 g/mol. The Labute approximate surface area is 236 Å². The number of carbonyl (C=O) groups is 2. The number of ether oxygens (including phenoxy) is 2. The van der Waals surface area contributed by atoms with E-state index in [9.17, 15) is 14.0 Å². The largest absolute Gasteiger partial charge is 0.493 e. The van der Waals surface area contributed by atoms with E-state index in [0.717, 1.165) is 22.0 Å². The van der Waals surface area contributed by atoms with Gasteiger partial charge in [0, 0.05) is 39.5 Å². The highest BCUT2D eigenvalue weighted by atomic mass is 35.5. The van der Waals surface area contributed by atoms with Crippen LogP contribution in [0.2, 0.25) is 5.02 Å². The molecule has 1 fully saturated rings. The number of nitrogens with zero attached hydrogens (tertiary/aromatic N) is 2. The lowest BCUT2D eigenvalue weighted by molar-refractivity contribution is -0.167. The predicted molar refractivity (Wildman–Crippen MR) is 150 cm³/mol. The fourth-order valence-electron chi connectivity index (χ4n) is 6.23. The lowest BCUT2D eigenvalue weighted by atomic mass is 9.76. The number of fused-ring (bicyclic) bond motifs is 5. The minimum Gasteiger partial charge on any atom is -0.493 e. The molecule has 2 aliphatic rings. The summed E-state index contributed by atoms with van der Waals surface area (Å²) in [5, 5.41) is 1.17. The molecular formula is C31H29ClFN3O4. The topological polar surface area (TPSA) is 74.9 Å². The Hall–Kier alpha value is -4.04. The summed E-state index contributed by atoms with van der Waals surface area (Å²) >= 11 is 6.29. The third-order valence-corrected chi connectivity index (χ3v) is 8.48. The van der Waals surface area contributed by atoms with Gasteiger partial charge in [-0.1, -0.05) is 48.0 Å². The van der Waals surface area contributed by atoms with Gasteiger partial charge in [-0.3, -0.25) is 9.59 Å². The number of piperazine rings is 1. The minimum absolute atomic E-state index is 0.108. The molecule has 3 aromatic carbocycles. The number of rotatable bonds is 6. The Morgan fingerprint density at radius 2 is 1.88 bits per heavy atom. The van der Waals surface area contributed by atoms with Gasteiger partial charge in [-0.15, -0.1) is 0 Å². The van der Waals surface area contributed by atoms with Gasteiger partial charge in [-0.25, -0.2) is 4.39 Å². The number of halogens is 2. The van der Waals surface area contributed by atoms with E-state index < -0.39 is 11.4 Å². The molecule has 2 aliphatic heterocycles. The van der Waals surface area contributed by atoms with Crippen molar-refractivity contribution in [3.63, 3.8) is 0 Å². The number of amides is 2. The number of hydrogen-bond donors (Lipinski definition) is 1. The molecule has 0 radical (unpaired) electrons. The van der Waals surface area contributed by atoms with Crippen LogP contribution in [0, 0.1) is 5.82 Å². The molecule has 2 atom stereocenters. The second kappa shape index (κ2) is 9.86. The molecule has 4 aromatic rings. The van der Waals surface area contributed by atoms with Crippen LogP contribution in [0.3, 0.4) is 0 Å². The summed E-state index contributed by atoms with van der Waals surface area (Å²) in [5.41, 5.74) is 2.15. The zero-order chi connectivity index (χ0) is 28.2. The van der Waals surface area contributed by atoms with Crippen molar-refractivity contribution in [2.75, 3.05) is 26.8 Å². The van der Waals surface area contributed by atoms with Crippen molar-refractivity contribution in [2.24, 2.45) is 0 Å². The van der Waals surface area contributed by atoms with Gasteiger partial charge >= 0.3 is 0 Å². The number of methoxy groups -OCH3 is 1. The minimum atomic E-state index is -1.33. The molecule has 0 saturated carbocycles. The lowest BCUT2D eigenvalue weighted by Crippen LogP contribution is -2.67. The molecule has 6 rings (SSSR count). The summed E-state index contributed by atoms with van der Waals surface area (Å²) < 4.78 is 26.4. The van der Waals surface area contributed by atoms with E-state index in [0.29, 0.717) is 23.8 Å². The van der Waals surface area contributed by atoms with Crippen molar-refractivity contribution in [2.45, 2.75) is 31.8 Å². The predicted octanol–water partition coefficient (Wildman–Crippen LogP) is 5.60. The lowest BCUT2D eigenvalue weighted by Gasteiger charge is -2.51. The van der Waals surface area contributed by atoms with Gasteiger partial charge in [0.1, 0.15) is 12.4 Å². The second-order valence-corrected chi connectivity index (χ2v) is 10.7. The molecule has 0 bridgehead atoms. The number of nitrogens with one attached hydrogen (secondary N) is 1. The molecule has 3 heterocycles. The number of hydrogen-bond acceptors (Lipinski definition) is 4. The molecule has 1 N–H and O–H groups in total. The molecule has 7 nitrogen and oxygen atoms in total. The maximum Gasteiger partial charge on any atom is 0.255 e. The fraction of sp³-hybridized carbons (Fsp3) is 0.290. The first kappa shape index (κ1) is 26.2. The van der Waals surface area contributed by atoms with Gasteiger partial charge in [0.25, 0.3) is 5.91 Å². The number of aromatic nitrogens is 1. The number of para-hydroxylation sites is 2. The smallest absolute Gasteiger partial charge is 0.255 e. The van der Waals surface area contributed by atoms with Crippen molar-refractivity contribution in [1.82, 2.24) is 14.8 Å².